The molecule has 0 atom stereocenters. The van der Waals surface area contributed by atoms with Crippen molar-refractivity contribution in [2.24, 2.45) is 0 Å². The van der Waals surface area contributed by atoms with Crippen LogP contribution in [-0.2, 0) is 4.74 Å². The maximum atomic E-state index is 5.20. The van der Waals surface area contributed by atoms with Crippen molar-refractivity contribution < 1.29 is 4.74 Å². The second-order valence-corrected chi connectivity index (χ2v) is 2.65. The zero-order valence-electron chi connectivity index (χ0n) is 7.65. The van der Waals surface area contributed by atoms with Crippen molar-refractivity contribution in [1.29, 1.82) is 0 Å². The second kappa shape index (κ2) is 6.02. The Morgan fingerprint density at radius 2 is 1.91 bits per heavy atom. The first kappa shape index (κ1) is 10.3. The largest absolute Gasteiger partial charge is 0.499 e. The van der Waals surface area contributed by atoms with Crippen LogP contribution in [0.2, 0.25) is 0 Å². The highest BCUT2D eigenvalue weighted by molar-refractivity contribution is 5.04. The Balaban J connectivity index is 3.49. The van der Waals surface area contributed by atoms with Crippen LogP contribution in [0.1, 0.15) is 33.1 Å². The summed E-state index contributed by atoms with van der Waals surface area (Å²) in [4.78, 5) is 0. The van der Waals surface area contributed by atoms with E-state index in [-0.39, 0.29) is 0 Å². The van der Waals surface area contributed by atoms with Gasteiger partial charge in [0.2, 0.25) is 0 Å². The Kier molecular flexibility index (Phi) is 5.63. The molecule has 0 aliphatic carbocycles. The topological polar surface area (TPSA) is 9.23 Å². The van der Waals surface area contributed by atoms with Crippen molar-refractivity contribution in [1.82, 2.24) is 0 Å². The lowest BCUT2D eigenvalue weighted by Crippen LogP contribution is -1.91. The maximum absolute atomic E-state index is 5.20. The van der Waals surface area contributed by atoms with Crippen LogP contribution in [0.15, 0.2) is 24.5 Å². The first-order chi connectivity index (χ1) is 5.20. The lowest BCUT2D eigenvalue weighted by atomic mass is 10.1. The van der Waals surface area contributed by atoms with Crippen LogP contribution >= 0.6 is 0 Å². The summed E-state index contributed by atoms with van der Waals surface area (Å²) < 4.78 is 5.20. The van der Waals surface area contributed by atoms with Gasteiger partial charge in [-0.05, 0) is 13.3 Å². The van der Waals surface area contributed by atoms with Gasteiger partial charge in [-0.25, -0.2) is 0 Å². The molecule has 0 saturated heterocycles. The number of rotatable bonds is 6. The summed E-state index contributed by atoms with van der Waals surface area (Å²) in [6.45, 7) is 12.5. The van der Waals surface area contributed by atoms with Crippen molar-refractivity contribution in [3.63, 3.8) is 0 Å². The van der Waals surface area contributed by atoms with Gasteiger partial charge in [0, 0.05) is 6.42 Å². The molecule has 1 heteroatoms. The summed E-state index contributed by atoms with van der Waals surface area (Å²) >= 11 is 0. The van der Waals surface area contributed by atoms with Gasteiger partial charge in [-0.15, -0.1) is 0 Å². The minimum atomic E-state index is 0.707. The van der Waals surface area contributed by atoms with Crippen molar-refractivity contribution in [2.75, 3.05) is 6.61 Å². The van der Waals surface area contributed by atoms with E-state index in [4.69, 9.17) is 4.74 Å². The highest BCUT2D eigenvalue weighted by Gasteiger charge is 1.96. The van der Waals surface area contributed by atoms with E-state index >= 15 is 0 Å². The first-order valence-corrected chi connectivity index (χ1v) is 4.17. The van der Waals surface area contributed by atoms with E-state index in [1.165, 1.54) is 5.57 Å². The quantitative estimate of drug-likeness (QED) is 0.421. The molecule has 0 saturated carbocycles. The second-order valence-electron chi connectivity index (χ2n) is 2.65. The number of hydrogen-bond acceptors (Lipinski definition) is 1. The lowest BCUT2D eigenvalue weighted by molar-refractivity contribution is 0.224. The maximum Gasteiger partial charge on any atom is 0.0928 e. The van der Waals surface area contributed by atoms with Crippen LogP contribution in [0.5, 0.6) is 0 Å². The predicted octanol–water partition coefficient (Wildman–Crippen LogP) is 3.28. The van der Waals surface area contributed by atoms with E-state index in [2.05, 4.69) is 20.1 Å². The molecule has 0 aromatic heterocycles. The third-order valence-corrected chi connectivity index (χ3v) is 1.40. The summed E-state index contributed by atoms with van der Waals surface area (Å²) in [5, 5.41) is 0. The van der Waals surface area contributed by atoms with Crippen molar-refractivity contribution in [3.05, 3.63) is 24.5 Å². The summed E-state index contributed by atoms with van der Waals surface area (Å²) in [5.74, 6) is 0.839. The summed E-state index contributed by atoms with van der Waals surface area (Å²) in [7, 11) is 0. The normalized spacial score (nSPS) is 9.27. The van der Waals surface area contributed by atoms with Crippen molar-refractivity contribution in [3.8, 4) is 0 Å². The number of hydrogen-bond donors (Lipinski definition) is 0. The molecule has 11 heavy (non-hydrogen) atoms. The van der Waals surface area contributed by atoms with Gasteiger partial charge >= 0.3 is 0 Å². The molecule has 0 aromatic rings. The third-order valence-electron chi connectivity index (χ3n) is 1.40. The van der Waals surface area contributed by atoms with E-state index in [1.54, 1.807) is 0 Å². The molecule has 1 nitrogen and oxygen atoms in total. The Hall–Kier alpha value is -0.720. The number of ether oxygens (including phenoxy) is 1. The Morgan fingerprint density at radius 1 is 1.27 bits per heavy atom. The fourth-order valence-electron chi connectivity index (χ4n) is 0.976. The standard InChI is InChI=1S/C10H18O/c1-5-7-9(3)8-10(4)11-6-2/h3-8H2,1-2H3. The van der Waals surface area contributed by atoms with Gasteiger partial charge in [-0.3, -0.25) is 0 Å². The van der Waals surface area contributed by atoms with E-state index in [9.17, 15) is 0 Å². The minimum Gasteiger partial charge on any atom is -0.499 e. The Bertz CT molecular complexity index is 120. The van der Waals surface area contributed by atoms with E-state index in [1.807, 2.05) is 6.92 Å². The van der Waals surface area contributed by atoms with E-state index in [0.29, 0.717) is 6.61 Å². The van der Waals surface area contributed by atoms with Crippen LogP contribution in [-0.4, -0.2) is 6.61 Å². The van der Waals surface area contributed by atoms with Gasteiger partial charge in [0.15, 0.2) is 0 Å². The fraction of sp³-hybridized carbons (Fsp3) is 0.600. The van der Waals surface area contributed by atoms with Crippen LogP contribution in [0.3, 0.4) is 0 Å². The van der Waals surface area contributed by atoms with Crippen LogP contribution < -0.4 is 0 Å². The molecule has 0 N–H and O–H groups in total. The molecule has 64 valence electrons. The van der Waals surface area contributed by atoms with Gasteiger partial charge in [-0.1, -0.05) is 32.1 Å². The van der Waals surface area contributed by atoms with Crippen LogP contribution in [0.25, 0.3) is 0 Å². The lowest BCUT2D eigenvalue weighted by Gasteiger charge is -2.07. The highest BCUT2D eigenvalue weighted by Crippen LogP contribution is 2.13. The van der Waals surface area contributed by atoms with Crippen LogP contribution in [0, 0.1) is 0 Å². The summed E-state index contributed by atoms with van der Waals surface area (Å²) in [6.07, 6.45) is 3.05. The predicted molar refractivity (Wildman–Crippen MR) is 49.4 cm³/mol. The summed E-state index contributed by atoms with van der Waals surface area (Å²) in [5.41, 5.74) is 1.21. The number of allylic oxidation sites excluding steroid dienone is 1. The minimum absolute atomic E-state index is 0.707. The molecule has 0 aromatic carbocycles. The molecular formula is C10H18O. The Morgan fingerprint density at radius 3 is 2.36 bits per heavy atom. The van der Waals surface area contributed by atoms with Gasteiger partial charge in [-0.2, -0.15) is 0 Å². The molecule has 0 rings (SSSR count). The van der Waals surface area contributed by atoms with Gasteiger partial charge in [0.25, 0.3) is 0 Å². The molecule has 0 unspecified atom stereocenters. The third kappa shape index (κ3) is 5.71. The molecule has 0 spiro atoms. The molecular weight excluding hydrogens is 136 g/mol. The monoisotopic (exact) mass is 154 g/mol. The zero-order chi connectivity index (χ0) is 8.69. The highest BCUT2D eigenvalue weighted by atomic mass is 16.5. The zero-order valence-corrected chi connectivity index (χ0v) is 7.65. The first-order valence-electron chi connectivity index (χ1n) is 4.17. The molecule has 0 radical (unpaired) electrons. The Labute approximate surface area is 69.8 Å². The van der Waals surface area contributed by atoms with Gasteiger partial charge in [0.05, 0.1) is 12.4 Å². The molecule has 0 heterocycles. The van der Waals surface area contributed by atoms with Crippen LogP contribution in [0.4, 0.5) is 0 Å². The summed E-state index contributed by atoms with van der Waals surface area (Å²) in [6, 6.07) is 0. The smallest absolute Gasteiger partial charge is 0.0928 e. The molecule has 0 amide bonds. The SMILES string of the molecule is C=C(CCC)CC(=C)OCC. The van der Waals surface area contributed by atoms with E-state index < -0.39 is 0 Å². The molecule has 0 aliphatic rings. The van der Waals surface area contributed by atoms with Gasteiger partial charge in [0.1, 0.15) is 0 Å². The van der Waals surface area contributed by atoms with Crippen molar-refractivity contribution >= 4 is 0 Å². The molecule has 0 aliphatic heterocycles. The average molecular weight is 154 g/mol. The fourth-order valence-corrected chi connectivity index (χ4v) is 0.976. The average Bonchev–Trinajstić information content (AvgIpc) is 1.87. The molecule has 0 fully saturated rings. The van der Waals surface area contributed by atoms with Crippen molar-refractivity contribution in [2.45, 2.75) is 33.1 Å². The van der Waals surface area contributed by atoms with Gasteiger partial charge < -0.3 is 4.74 Å². The molecule has 0 bridgehead atoms. The van der Waals surface area contributed by atoms with E-state index in [0.717, 1.165) is 25.0 Å².